The van der Waals surface area contributed by atoms with Crippen molar-refractivity contribution < 1.29 is 40.0 Å². The number of methoxy groups -OCH3 is 2. The van der Waals surface area contributed by atoms with Crippen molar-refractivity contribution >= 4 is 26.8 Å². The minimum atomic E-state index is -4.73. The lowest BCUT2D eigenvalue weighted by Gasteiger charge is -2.24. The zero-order chi connectivity index (χ0) is 28.9. The van der Waals surface area contributed by atoms with Crippen LogP contribution in [0, 0.1) is 0 Å². The Morgan fingerprint density at radius 1 is 0.875 bits per heavy atom. The summed E-state index contributed by atoms with van der Waals surface area (Å²) in [6.45, 7) is 0.554. The molecule has 0 unspecified atom stereocenters. The van der Waals surface area contributed by atoms with Crippen molar-refractivity contribution in [2.75, 3.05) is 27.4 Å². The fourth-order valence-electron chi connectivity index (χ4n) is 4.14. The number of ether oxygens (including phenoxy) is 2. The van der Waals surface area contributed by atoms with Crippen LogP contribution in [-0.2, 0) is 27.6 Å². The van der Waals surface area contributed by atoms with Crippen LogP contribution in [0.2, 0.25) is 0 Å². The molecule has 40 heavy (non-hydrogen) atoms. The molecule has 1 amide bonds. The van der Waals surface area contributed by atoms with E-state index in [1.54, 1.807) is 23.1 Å². The second kappa shape index (κ2) is 12.0. The summed E-state index contributed by atoms with van der Waals surface area (Å²) >= 11 is 0. The molecule has 0 radical (unpaired) electrons. The first-order valence-electron chi connectivity index (χ1n) is 12.1. The summed E-state index contributed by atoms with van der Waals surface area (Å²) < 4.78 is 80.9. The molecular weight excluding hydrogens is 547 g/mol. The molecule has 11 heteroatoms. The molecule has 0 N–H and O–H groups in total. The Morgan fingerprint density at radius 2 is 1.60 bits per heavy atom. The molecule has 210 valence electrons. The van der Waals surface area contributed by atoms with Gasteiger partial charge < -0.3 is 18.6 Å². The highest BCUT2D eigenvalue weighted by Gasteiger charge is 2.32. The number of rotatable bonds is 10. The van der Waals surface area contributed by atoms with Gasteiger partial charge >= 0.3 is 16.3 Å². The summed E-state index contributed by atoms with van der Waals surface area (Å²) in [5, 5.41) is 1.68. The maximum atomic E-state index is 13.6. The Kier molecular flexibility index (Phi) is 8.65. The van der Waals surface area contributed by atoms with Gasteiger partial charge in [-0.3, -0.25) is 4.79 Å². The summed E-state index contributed by atoms with van der Waals surface area (Å²) in [4.78, 5) is 14.5. The number of nitrogens with zero attached hydrogens (tertiary/aromatic N) is 1. The van der Waals surface area contributed by atoms with Crippen LogP contribution in [0.15, 0.2) is 89.8 Å². The van der Waals surface area contributed by atoms with Crippen LogP contribution in [0.5, 0.6) is 11.5 Å². The molecule has 0 saturated heterocycles. The van der Waals surface area contributed by atoms with Gasteiger partial charge in [0.05, 0.1) is 19.3 Å². The van der Waals surface area contributed by atoms with E-state index in [4.69, 9.17) is 13.7 Å². The van der Waals surface area contributed by atoms with Crippen molar-refractivity contribution in [3.63, 3.8) is 0 Å². The van der Waals surface area contributed by atoms with E-state index < -0.39 is 26.8 Å². The quantitative estimate of drug-likeness (QED) is 0.219. The Bertz CT molecular complexity index is 1620. The monoisotopic (exact) mass is 573 g/mol. The van der Waals surface area contributed by atoms with Crippen molar-refractivity contribution in [3.8, 4) is 11.5 Å². The standard InChI is InChI=1S/C29H26F3NO6S/c1-37-16-15-33(28(34)25-12-5-8-21-7-3-4-11-24(21)25)19-20-13-14-26(38-2)27(17-20)39-40(35,36)23-10-6-9-22(18-23)29(30,31)32/h3-14,17-18H,15-16,19H2,1-2H3. The second-order valence-electron chi connectivity index (χ2n) is 8.79. The van der Waals surface area contributed by atoms with Crippen LogP contribution in [0.1, 0.15) is 21.5 Å². The van der Waals surface area contributed by atoms with Gasteiger partial charge in [-0.2, -0.15) is 21.6 Å². The minimum Gasteiger partial charge on any atom is -0.493 e. The van der Waals surface area contributed by atoms with Gasteiger partial charge in [-0.15, -0.1) is 0 Å². The second-order valence-corrected chi connectivity index (χ2v) is 10.3. The molecule has 4 rings (SSSR count). The summed E-state index contributed by atoms with van der Waals surface area (Å²) in [7, 11) is -1.84. The Morgan fingerprint density at radius 3 is 2.33 bits per heavy atom. The van der Waals surface area contributed by atoms with E-state index in [1.165, 1.54) is 26.4 Å². The van der Waals surface area contributed by atoms with E-state index >= 15 is 0 Å². The smallest absolute Gasteiger partial charge is 0.416 e. The fraction of sp³-hybridized carbons (Fsp3) is 0.207. The molecule has 0 aliphatic rings. The van der Waals surface area contributed by atoms with E-state index in [-0.39, 0.29) is 37.1 Å². The minimum absolute atomic E-state index is 0.0446. The molecule has 0 fully saturated rings. The summed E-state index contributed by atoms with van der Waals surface area (Å²) in [5.41, 5.74) is -0.135. The van der Waals surface area contributed by atoms with Crippen LogP contribution in [0.3, 0.4) is 0 Å². The molecule has 0 spiro atoms. The van der Waals surface area contributed by atoms with Crippen molar-refractivity contribution in [2.45, 2.75) is 17.6 Å². The molecule has 0 saturated carbocycles. The predicted octanol–water partition coefficient (Wildman–Crippen LogP) is 5.92. The number of carbonyl (C=O) groups is 1. The van der Waals surface area contributed by atoms with Gasteiger partial charge in [0.25, 0.3) is 5.91 Å². The third-order valence-electron chi connectivity index (χ3n) is 6.12. The summed E-state index contributed by atoms with van der Waals surface area (Å²) in [6.07, 6.45) is -4.73. The Hall–Kier alpha value is -4.09. The maximum Gasteiger partial charge on any atom is 0.416 e. The van der Waals surface area contributed by atoms with Gasteiger partial charge in [0, 0.05) is 25.8 Å². The van der Waals surface area contributed by atoms with Gasteiger partial charge in [0.1, 0.15) is 4.90 Å². The number of hydrogen-bond donors (Lipinski definition) is 0. The number of benzene rings is 4. The number of alkyl halides is 3. The van der Waals surface area contributed by atoms with Gasteiger partial charge in [0.2, 0.25) is 0 Å². The number of fused-ring (bicyclic) bond motifs is 1. The van der Waals surface area contributed by atoms with Crippen molar-refractivity contribution in [3.05, 3.63) is 102 Å². The Balaban J connectivity index is 1.65. The molecule has 0 aromatic heterocycles. The maximum absolute atomic E-state index is 13.6. The van der Waals surface area contributed by atoms with E-state index in [1.807, 2.05) is 30.3 Å². The van der Waals surface area contributed by atoms with E-state index in [0.717, 1.165) is 29.0 Å². The zero-order valence-electron chi connectivity index (χ0n) is 21.6. The number of amides is 1. The third-order valence-corrected chi connectivity index (χ3v) is 7.35. The lowest BCUT2D eigenvalue weighted by atomic mass is 10.0. The molecular formula is C29H26F3NO6S. The third kappa shape index (κ3) is 6.54. The largest absolute Gasteiger partial charge is 0.493 e. The zero-order valence-corrected chi connectivity index (χ0v) is 22.5. The molecule has 0 aliphatic heterocycles. The molecule has 0 atom stereocenters. The van der Waals surface area contributed by atoms with Crippen LogP contribution in [0.25, 0.3) is 10.8 Å². The highest BCUT2D eigenvalue weighted by atomic mass is 32.2. The fourth-order valence-corrected chi connectivity index (χ4v) is 5.11. The number of halogens is 3. The van der Waals surface area contributed by atoms with Crippen molar-refractivity contribution in [1.29, 1.82) is 0 Å². The van der Waals surface area contributed by atoms with Gasteiger partial charge in [-0.1, -0.05) is 48.5 Å². The van der Waals surface area contributed by atoms with E-state index in [9.17, 15) is 26.4 Å². The number of carbonyl (C=O) groups excluding carboxylic acids is 1. The molecule has 4 aromatic carbocycles. The normalized spacial score (nSPS) is 11.8. The SMILES string of the molecule is COCCN(Cc1ccc(OC)c(OS(=O)(=O)c2cccc(C(F)(F)F)c2)c1)C(=O)c1cccc2ccccc12. The highest BCUT2D eigenvalue weighted by Crippen LogP contribution is 2.34. The molecule has 0 aliphatic carbocycles. The van der Waals surface area contributed by atoms with Crippen molar-refractivity contribution in [2.24, 2.45) is 0 Å². The van der Waals surface area contributed by atoms with Crippen LogP contribution in [-0.4, -0.2) is 46.6 Å². The molecule has 4 aromatic rings. The lowest BCUT2D eigenvalue weighted by Crippen LogP contribution is -2.33. The molecule has 0 heterocycles. The Labute approximate surface area is 229 Å². The first-order chi connectivity index (χ1) is 19.0. The predicted molar refractivity (Wildman–Crippen MR) is 143 cm³/mol. The average Bonchev–Trinajstić information content (AvgIpc) is 2.94. The molecule has 0 bridgehead atoms. The lowest BCUT2D eigenvalue weighted by molar-refractivity contribution is -0.137. The van der Waals surface area contributed by atoms with Gasteiger partial charge in [-0.25, -0.2) is 0 Å². The van der Waals surface area contributed by atoms with E-state index in [2.05, 4.69) is 0 Å². The van der Waals surface area contributed by atoms with E-state index in [0.29, 0.717) is 17.2 Å². The highest BCUT2D eigenvalue weighted by molar-refractivity contribution is 7.87. The first kappa shape index (κ1) is 28.9. The van der Waals surface area contributed by atoms with Crippen LogP contribution in [0.4, 0.5) is 13.2 Å². The van der Waals surface area contributed by atoms with Crippen LogP contribution >= 0.6 is 0 Å². The summed E-state index contributed by atoms with van der Waals surface area (Å²) in [6, 6.07) is 20.7. The first-order valence-corrected chi connectivity index (χ1v) is 13.5. The van der Waals surface area contributed by atoms with Crippen LogP contribution < -0.4 is 8.92 Å². The average molecular weight is 574 g/mol. The topological polar surface area (TPSA) is 82.1 Å². The number of hydrogen-bond acceptors (Lipinski definition) is 6. The van der Waals surface area contributed by atoms with Crippen molar-refractivity contribution in [1.82, 2.24) is 4.90 Å². The molecule has 7 nitrogen and oxygen atoms in total. The summed E-state index contributed by atoms with van der Waals surface area (Å²) in [5.74, 6) is -0.450. The van der Waals surface area contributed by atoms with Gasteiger partial charge in [-0.05, 0) is 52.7 Å². The van der Waals surface area contributed by atoms with Gasteiger partial charge in [0.15, 0.2) is 11.5 Å².